The van der Waals surface area contributed by atoms with Crippen molar-refractivity contribution >= 4 is 5.91 Å². The molecule has 0 radical (unpaired) electrons. The third kappa shape index (κ3) is 3.01. The van der Waals surface area contributed by atoms with Crippen LogP contribution < -0.4 is 10.1 Å². The molecule has 0 saturated heterocycles. The van der Waals surface area contributed by atoms with Gasteiger partial charge in [0, 0.05) is 19.4 Å². The summed E-state index contributed by atoms with van der Waals surface area (Å²) in [6.07, 6.45) is 0.902. The molecule has 1 aromatic carbocycles. The SMILES string of the molecule is COc1ccc2c(c1)COCC2CCNC(C)=O. The molecule has 4 heteroatoms. The topological polar surface area (TPSA) is 47.6 Å². The molecule has 1 aliphatic rings. The number of hydrogen-bond acceptors (Lipinski definition) is 3. The Hall–Kier alpha value is -1.55. The van der Waals surface area contributed by atoms with Gasteiger partial charge in [-0.15, -0.1) is 0 Å². The van der Waals surface area contributed by atoms with E-state index in [1.807, 2.05) is 12.1 Å². The van der Waals surface area contributed by atoms with Crippen LogP contribution in [0.15, 0.2) is 18.2 Å². The minimum atomic E-state index is 0.0154. The van der Waals surface area contributed by atoms with Crippen LogP contribution >= 0.6 is 0 Å². The number of ether oxygens (including phenoxy) is 2. The fourth-order valence-electron chi connectivity index (χ4n) is 2.29. The first-order chi connectivity index (χ1) is 8.70. The lowest BCUT2D eigenvalue weighted by Crippen LogP contribution is -2.25. The summed E-state index contributed by atoms with van der Waals surface area (Å²) in [4.78, 5) is 10.9. The lowest BCUT2D eigenvalue weighted by atomic mass is 9.90. The molecule has 18 heavy (non-hydrogen) atoms. The Kier molecular flexibility index (Phi) is 4.20. The molecule has 0 saturated carbocycles. The van der Waals surface area contributed by atoms with E-state index in [0.717, 1.165) is 18.8 Å². The van der Waals surface area contributed by atoms with Crippen molar-refractivity contribution in [3.8, 4) is 5.75 Å². The van der Waals surface area contributed by atoms with E-state index in [0.29, 0.717) is 19.1 Å². The summed E-state index contributed by atoms with van der Waals surface area (Å²) in [5, 5.41) is 2.83. The molecule has 1 N–H and O–H groups in total. The van der Waals surface area contributed by atoms with E-state index in [1.165, 1.54) is 18.1 Å². The molecule has 98 valence electrons. The first kappa shape index (κ1) is 12.9. The Balaban J connectivity index is 2.05. The number of fused-ring (bicyclic) bond motifs is 1. The van der Waals surface area contributed by atoms with Crippen LogP contribution in [0.25, 0.3) is 0 Å². The van der Waals surface area contributed by atoms with Gasteiger partial charge in [0.1, 0.15) is 5.75 Å². The minimum Gasteiger partial charge on any atom is -0.497 e. The van der Waals surface area contributed by atoms with Crippen LogP contribution in [0.1, 0.15) is 30.4 Å². The highest BCUT2D eigenvalue weighted by molar-refractivity contribution is 5.72. The van der Waals surface area contributed by atoms with Gasteiger partial charge in [0.25, 0.3) is 0 Å². The lowest BCUT2D eigenvalue weighted by Gasteiger charge is -2.26. The van der Waals surface area contributed by atoms with Crippen LogP contribution in [-0.4, -0.2) is 26.2 Å². The predicted molar refractivity (Wildman–Crippen MR) is 68.7 cm³/mol. The van der Waals surface area contributed by atoms with E-state index >= 15 is 0 Å². The molecule has 0 bridgehead atoms. The van der Waals surface area contributed by atoms with Gasteiger partial charge >= 0.3 is 0 Å². The molecule has 1 atom stereocenters. The highest BCUT2D eigenvalue weighted by atomic mass is 16.5. The van der Waals surface area contributed by atoms with E-state index in [4.69, 9.17) is 9.47 Å². The summed E-state index contributed by atoms with van der Waals surface area (Å²) in [5.74, 6) is 1.23. The van der Waals surface area contributed by atoms with Gasteiger partial charge in [-0.25, -0.2) is 0 Å². The first-order valence-electron chi connectivity index (χ1n) is 6.19. The number of carbonyl (C=O) groups excluding carboxylic acids is 1. The van der Waals surface area contributed by atoms with Crippen molar-refractivity contribution in [2.45, 2.75) is 25.9 Å². The molecule has 1 heterocycles. The van der Waals surface area contributed by atoms with E-state index in [-0.39, 0.29) is 5.91 Å². The van der Waals surface area contributed by atoms with Crippen LogP contribution in [-0.2, 0) is 16.1 Å². The summed E-state index contributed by atoms with van der Waals surface area (Å²) in [6.45, 7) is 3.59. The summed E-state index contributed by atoms with van der Waals surface area (Å²) in [6, 6.07) is 6.12. The molecular weight excluding hydrogens is 230 g/mol. The predicted octanol–water partition coefficient (Wildman–Crippen LogP) is 1.84. The van der Waals surface area contributed by atoms with Crippen molar-refractivity contribution in [1.82, 2.24) is 5.32 Å². The fourth-order valence-corrected chi connectivity index (χ4v) is 2.29. The Morgan fingerprint density at radius 2 is 2.39 bits per heavy atom. The van der Waals surface area contributed by atoms with Crippen molar-refractivity contribution in [2.24, 2.45) is 0 Å². The standard InChI is InChI=1S/C14H19NO3/c1-10(16)15-6-5-11-8-18-9-12-7-13(17-2)3-4-14(11)12/h3-4,7,11H,5-6,8-9H2,1-2H3,(H,15,16). The van der Waals surface area contributed by atoms with Crippen LogP contribution in [0.2, 0.25) is 0 Å². The fraction of sp³-hybridized carbons (Fsp3) is 0.500. The van der Waals surface area contributed by atoms with Gasteiger partial charge in [-0.1, -0.05) is 6.07 Å². The molecule has 0 aliphatic carbocycles. The normalized spacial score (nSPS) is 18.0. The second-order valence-corrected chi connectivity index (χ2v) is 4.55. The largest absolute Gasteiger partial charge is 0.497 e. The van der Waals surface area contributed by atoms with Crippen LogP contribution in [0.5, 0.6) is 5.75 Å². The Morgan fingerprint density at radius 1 is 1.56 bits per heavy atom. The average Bonchev–Trinajstić information content (AvgIpc) is 2.38. The van der Waals surface area contributed by atoms with Gasteiger partial charge in [0.05, 0.1) is 20.3 Å². The molecule has 0 fully saturated rings. The molecule has 2 rings (SSSR count). The zero-order chi connectivity index (χ0) is 13.0. The Bertz CT molecular complexity index is 431. The maximum absolute atomic E-state index is 10.9. The number of nitrogens with one attached hydrogen (secondary N) is 1. The zero-order valence-corrected chi connectivity index (χ0v) is 10.9. The molecule has 1 unspecified atom stereocenters. The molecule has 1 aromatic rings. The Morgan fingerprint density at radius 3 is 3.11 bits per heavy atom. The van der Waals surface area contributed by atoms with Gasteiger partial charge in [-0.3, -0.25) is 4.79 Å². The summed E-state index contributed by atoms with van der Waals surface area (Å²) >= 11 is 0. The highest BCUT2D eigenvalue weighted by Gasteiger charge is 2.20. The molecular formula is C14H19NO3. The number of rotatable bonds is 4. The summed E-state index contributed by atoms with van der Waals surface area (Å²) in [5.41, 5.74) is 2.50. The molecule has 0 spiro atoms. The molecule has 1 amide bonds. The van der Waals surface area contributed by atoms with Crippen molar-refractivity contribution in [3.05, 3.63) is 29.3 Å². The van der Waals surface area contributed by atoms with Crippen LogP contribution in [0, 0.1) is 0 Å². The van der Waals surface area contributed by atoms with E-state index < -0.39 is 0 Å². The third-order valence-electron chi connectivity index (χ3n) is 3.23. The minimum absolute atomic E-state index is 0.0154. The van der Waals surface area contributed by atoms with Crippen LogP contribution in [0.4, 0.5) is 0 Å². The van der Waals surface area contributed by atoms with Gasteiger partial charge in [0.15, 0.2) is 0 Å². The molecule has 4 nitrogen and oxygen atoms in total. The van der Waals surface area contributed by atoms with E-state index in [2.05, 4.69) is 11.4 Å². The second kappa shape index (κ2) is 5.87. The average molecular weight is 249 g/mol. The van der Waals surface area contributed by atoms with Crippen molar-refractivity contribution in [2.75, 3.05) is 20.3 Å². The third-order valence-corrected chi connectivity index (χ3v) is 3.23. The van der Waals surface area contributed by atoms with Crippen molar-refractivity contribution < 1.29 is 14.3 Å². The monoisotopic (exact) mass is 249 g/mol. The number of hydrogen-bond donors (Lipinski definition) is 1. The number of benzene rings is 1. The second-order valence-electron chi connectivity index (χ2n) is 4.55. The van der Waals surface area contributed by atoms with E-state index in [9.17, 15) is 4.79 Å². The molecule has 1 aliphatic heterocycles. The quantitative estimate of drug-likeness (QED) is 0.885. The Labute approximate surface area is 107 Å². The van der Waals surface area contributed by atoms with Crippen molar-refractivity contribution in [1.29, 1.82) is 0 Å². The lowest BCUT2D eigenvalue weighted by molar-refractivity contribution is -0.119. The maximum atomic E-state index is 10.9. The number of carbonyl (C=O) groups is 1. The molecule has 0 aromatic heterocycles. The summed E-state index contributed by atoms with van der Waals surface area (Å²) < 4.78 is 10.8. The summed E-state index contributed by atoms with van der Waals surface area (Å²) in [7, 11) is 1.67. The maximum Gasteiger partial charge on any atom is 0.216 e. The number of amides is 1. The van der Waals surface area contributed by atoms with Gasteiger partial charge in [-0.05, 0) is 29.7 Å². The number of methoxy groups -OCH3 is 1. The van der Waals surface area contributed by atoms with Crippen LogP contribution in [0.3, 0.4) is 0 Å². The van der Waals surface area contributed by atoms with Gasteiger partial charge in [-0.2, -0.15) is 0 Å². The van der Waals surface area contributed by atoms with E-state index in [1.54, 1.807) is 7.11 Å². The zero-order valence-electron chi connectivity index (χ0n) is 10.9. The van der Waals surface area contributed by atoms with Crippen molar-refractivity contribution in [3.63, 3.8) is 0 Å². The van der Waals surface area contributed by atoms with Gasteiger partial charge in [0.2, 0.25) is 5.91 Å². The smallest absolute Gasteiger partial charge is 0.216 e. The van der Waals surface area contributed by atoms with Gasteiger partial charge < -0.3 is 14.8 Å². The first-order valence-corrected chi connectivity index (χ1v) is 6.19. The highest BCUT2D eigenvalue weighted by Crippen LogP contribution is 2.31.